The van der Waals surface area contributed by atoms with Crippen LogP contribution in [0, 0.1) is 5.82 Å². The summed E-state index contributed by atoms with van der Waals surface area (Å²) in [4.78, 5) is 16.3. The lowest BCUT2D eigenvalue weighted by Crippen LogP contribution is -2.48. The first-order valence-electron chi connectivity index (χ1n) is 6.79. The number of hydrogen-bond acceptors (Lipinski definition) is 3. The van der Waals surface area contributed by atoms with Gasteiger partial charge < -0.3 is 9.80 Å². The molecule has 0 atom stereocenters. The van der Waals surface area contributed by atoms with Crippen molar-refractivity contribution in [1.29, 1.82) is 0 Å². The van der Waals surface area contributed by atoms with Crippen molar-refractivity contribution in [3.05, 3.63) is 50.4 Å². The highest BCUT2D eigenvalue weighted by Crippen LogP contribution is 2.32. The second-order valence-corrected chi connectivity index (χ2v) is 7.28. The van der Waals surface area contributed by atoms with Crippen LogP contribution in [0.25, 0.3) is 0 Å². The van der Waals surface area contributed by atoms with E-state index in [1.54, 1.807) is 23.1 Å². The van der Waals surface area contributed by atoms with Crippen LogP contribution < -0.4 is 4.90 Å². The molecule has 0 aliphatic carbocycles. The zero-order chi connectivity index (χ0) is 15.7. The molecule has 0 saturated carbocycles. The number of piperazine rings is 1. The van der Waals surface area contributed by atoms with E-state index in [9.17, 15) is 9.18 Å². The number of hydrogen-bond donors (Lipinski definition) is 0. The van der Waals surface area contributed by atoms with E-state index in [1.165, 1.54) is 23.5 Å². The summed E-state index contributed by atoms with van der Waals surface area (Å²) in [7, 11) is 0. The van der Waals surface area contributed by atoms with Crippen molar-refractivity contribution >= 4 is 46.1 Å². The highest BCUT2D eigenvalue weighted by molar-refractivity contribution is 7.20. The Kier molecular flexibility index (Phi) is 4.57. The fraction of sp³-hybridized carbons (Fsp3) is 0.267. The van der Waals surface area contributed by atoms with Crippen molar-refractivity contribution in [1.82, 2.24) is 4.90 Å². The zero-order valence-corrected chi connectivity index (χ0v) is 13.9. The van der Waals surface area contributed by atoms with Gasteiger partial charge in [-0.2, -0.15) is 0 Å². The first kappa shape index (κ1) is 15.6. The Morgan fingerprint density at radius 2 is 1.73 bits per heavy atom. The predicted octanol–water partition coefficient (Wildman–Crippen LogP) is 4.16. The molecule has 7 heteroatoms. The third kappa shape index (κ3) is 3.21. The monoisotopic (exact) mass is 358 g/mol. The van der Waals surface area contributed by atoms with Gasteiger partial charge in [0.25, 0.3) is 5.91 Å². The minimum absolute atomic E-state index is 0.0908. The molecule has 2 aromatic rings. The van der Waals surface area contributed by atoms with Gasteiger partial charge in [0, 0.05) is 31.9 Å². The second-order valence-electron chi connectivity index (χ2n) is 4.99. The predicted molar refractivity (Wildman–Crippen MR) is 88.9 cm³/mol. The molecule has 1 aliphatic heterocycles. The van der Waals surface area contributed by atoms with Crippen LogP contribution in [-0.2, 0) is 0 Å². The van der Waals surface area contributed by atoms with Gasteiger partial charge in [-0.1, -0.05) is 23.2 Å². The van der Waals surface area contributed by atoms with Crippen molar-refractivity contribution in [2.24, 2.45) is 0 Å². The lowest BCUT2D eigenvalue weighted by atomic mass is 10.2. The van der Waals surface area contributed by atoms with Crippen LogP contribution in [0.4, 0.5) is 10.1 Å². The van der Waals surface area contributed by atoms with E-state index >= 15 is 0 Å². The molecule has 116 valence electrons. The van der Waals surface area contributed by atoms with Crippen molar-refractivity contribution in [2.75, 3.05) is 31.1 Å². The van der Waals surface area contributed by atoms with Crippen molar-refractivity contribution in [3.63, 3.8) is 0 Å². The Morgan fingerprint density at radius 1 is 1.09 bits per heavy atom. The summed E-state index contributed by atoms with van der Waals surface area (Å²) in [5.41, 5.74) is 1.43. The number of carbonyl (C=O) groups excluding carboxylic acids is 1. The van der Waals surface area contributed by atoms with Crippen molar-refractivity contribution < 1.29 is 9.18 Å². The summed E-state index contributed by atoms with van der Waals surface area (Å²) in [5.74, 6) is -0.339. The van der Waals surface area contributed by atoms with Gasteiger partial charge in [0.05, 0.1) is 9.90 Å². The summed E-state index contributed by atoms with van der Waals surface area (Å²) in [6.07, 6.45) is 0. The van der Waals surface area contributed by atoms with Gasteiger partial charge in [-0.3, -0.25) is 4.79 Å². The van der Waals surface area contributed by atoms with Crippen LogP contribution in [0.5, 0.6) is 0 Å². The molecule has 0 N–H and O–H groups in total. The molecular formula is C15H13Cl2FN2OS. The Hall–Kier alpha value is -1.30. The molecule has 1 fully saturated rings. The molecule has 1 aliphatic rings. The molecule has 0 bridgehead atoms. The zero-order valence-electron chi connectivity index (χ0n) is 11.6. The smallest absolute Gasteiger partial charge is 0.256 e. The van der Waals surface area contributed by atoms with Gasteiger partial charge in [0.1, 0.15) is 10.2 Å². The lowest BCUT2D eigenvalue weighted by Gasteiger charge is -2.36. The molecule has 0 spiro atoms. The summed E-state index contributed by atoms with van der Waals surface area (Å²) in [5, 5.41) is 0. The normalized spacial score (nSPS) is 15.2. The van der Waals surface area contributed by atoms with Crippen LogP contribution in [0.3, 0.4) is 0 Å². The van der Waals surface area contributed by atoms with E-state index in [2.05, 4.69) is 4.90 Å². The van der Waals surface area contributed by atoms with Crippen LogP contribution in [0.2, 0.25) is 8.67 Å². The van der Waals surface area contributed by atoms with Crippen LogP contribution in [0.1, 0.15) is 10.4 Å². The minimum Gasteiger partial charge on any atom is -0.368 e. The maximum Gasteiger partial charge on any atom is 0.256 e. The number of carbonyl (C=O) groups is 1. The number of amides is 1. The Bertz CT molecular complexity index is 681. The maximum atomic E-state index is 13.0. The molecule has 3 nitrogen and oxygen atoms in total. The van der Waals surface area contributed by atoms with Crippen molar-refractivity contribution in [3.8, 4) is 0 Å². The average molecular weight is 359 g/mol. The van der Waals surface area contributed by atoms with Gasteiger partial charge in [0.2, 0.25) is 0 Å². The van der Waals surface area contributed by atoms with Gasteiger partial charge >= 0.3 is 0 Å². The number of nitrogens with zero attached hydrogens (tertiary/aromatic N) is 2. The standard InChI is InChI=1S/C15H13Cl2FN2OS/c16-13-9-12(14(17)22-13)15(21)20-7-5-19(6-8-20)11-3-1-10(18)2-4-11/h1-4,9H,5-8H2. The number of rotatable bonds is 2. The van der Waals surface area contributed by atoms with E-state index in [1.807, 2.05) is 0 Å². The second kappa shape index (κ2) is 6.44. The van der Waals surface area contributed by atoms with E-state index in [0.29, 0.717) is 40.4 Å². The Morgan fingerprint density at radius 3 is 2.27 bits per heavy atom. The van der Waals surface area contributed by atoms with Gasteiger partial charge in [-0.05, 0) is 30.3 Å². The Labute approximate surface area is 141 Å². The molecule has 1 saturated heterocycles. The molecule has 3 rings (SSSR count). The molecule has 1 amide bonds. The average Bonchev–Trinajstić information content (AvgIpc) is 2.86. The maximum absolute atomic E-state index is 13.0. The highest BCUT2D eigenvalue weighted by atomic mass is 35.5. The van der Waals surface area contributed by atoms with E-state index in [0.717, 1.165) is 5.69 Å². The van der Waals surface area contributed by atoms with Gasteiger partial charge in [0.15, 0.2) is 0 Å². The number of benzene rings is 1. The third-order valence-corrected chi connectivity index (χ3v) is 5.13. The van der Waals surface area contributed by atoms with E-state index in [4.69, 9.17) is 23.2 Å². The SMILES string of the molecule is O=C(c1cc(Cl)sc1Cl)N1CCN(c2ccc(F)cc2)CC1. The van der Waals surface area contributed by atoms with Gasteiger partial charge in [-0.15, -0.1) is 11.3 Å². The minimum atomic E-state index is -0.249. The quantitative estimate of drug-likeness (QED) is 0.804. The van der Waals surface area contributed by atoms with E-state index < -0.39 is 0 Å². The van der Waals surface area contributed by atoms with Crippen LogP contribution >= 0.6 is 34.5 Å². The highest BCUT2D eigenvalue weighted by Gasteiger charge is 2.25. The molecule has 2 heterocycles. The van der Waals surface area contributed by atoms with Gasteiger partial charge in [-0.25, -0.2) is 4.39 Å². The largest absolute Gasteiger partial charge is 0.368 e. The van der Waals surface area contributed by atoms with Crippen LogP contribution in [-0.4, -0.2) is 37.0 Å². The molecule has 0 unspecified atom stereocenters. The number of anilines is 1. The summed E-state index contributed by atoms with van der Waals surface area (Å²) in [6.45, 7) is 2.60. The summed E-state index contributed by atoms with van der Waals surface area (Å²) >= 11 is 13.1. The third-order valence-electron chi connectivity index (χ3n) is 3.65. The molecule has 1 aromatic heterocycles. The topological polar surface area (TPSA) is 23.6 Å². The van der Waals surface area contributed by atoms with E-state index in [-0.39, 0.29) is 11.7 Å². The summed E-state index contributed by atoms with van der Waals surface area (Å²) in [6, 6.07) is 8.01. The first-order valence-corrected chi connectivity index (χ1v) is 8.36. The number of halogens is 3. The molecule has 22 heavy (non-hydrogen) atoms. The summed E-state index contributed by atoms with van der Waals surface area (Å²) < 4.78 is 13.9. The molecular weight excluding hydrogens is 346 g/mol. The van der Waals surface area contributed by atoms with Crippen molar-refractivity contribution in [2.45, 2.75) is 0 Å². The lowest BCUT2D eigenvalue weighted by molar-refractivity contribution is 0.0747. The fourth-order valence-corrected chi connectivity index (χ4v) is 3.92. The first-order chi connectivity index (χ1) is 10.5. The molecule has 0 radical (unpaired) electrons. The number of thiophene rings is 1. The van der Waals surface area contributed by atoms with Crippen LogP contribution in [0.15, 0.2) is 30.3 Å². The molecule has 1 aromatic carbocycles. The Balaban J connectivity index is 1.65. The fourth-order valence-electron chi connectivity index (χ4n) is 2.48.